The number of carbonyl (C=O) groups excluding carboxylic acids is 3. The maximum atomic E-state index is 14.5. The zero-order chi connectivity index (χ0) is 22.3. The molecule has 1 fully saturated rings. The molecule has 5 nitrogen and oxygen atoms in total. The summed E-state index contributed by atoms with van der Waals surface area (Å²) in [7, 11) is 0. The van der Waals surface area contributed by atoms with Crippen molar-refractivity contribution in [2.45, 2.75) is 64.6 Å². The largest absolute Gasteiger partial charge is 0.425 e. The Morgan fingerprint density at radius 1 is 1.07 bits per heavy atom. The Bertz CT molecular complexity index is 899. The van der Waals surface area contributed by atoms with E-state index in [2.05, 4.69) is 0 Å². The molecule has 1 aromatic rings. The minimum absolute atomic E-state index is 0.127. The predicted octanol–water partition coefficient (Wildman–Crippen LogP) is 4.20. The van der Waals surface area contributed by atoms with Gasteiger partial charge in [-0.1, -0.05) is 37.0 Å². The summed E-state index contributed by atoms with van der Waals surface area (Å²) in [5.74, 6) is -3.73. The highest BCUT2D eigenvalue weighted by molar-refractivity contribution is 6.19. The van der Waals surface area contributed by atoms with E-state index in [4.69, 9.17) is 0 Å². The van der Waals surface area contributed by atoms with Crippen LogP contribution in [0.1, 0.15) is 51.5 Å². The molecule has 1 aliphatic carbocycles. The first-order valence-corrected chi connectivity index (χ1v) is 10.0. The van der Waals surface area contributed by atoms with E-state index >= 15 is 0 Å². The number of hydrogen-bond acceptors (Lipinski definition) is 3. The first-order chi connectivity index (χ1) is 14.0. The fourth-order valence-electron chi connectivity index (χ4n) is 4.44. The third-order valence-electron chi connectivity index (χ3n) is 5.95. The Kier molecular flexibility index (Phi) is 5.80. The lowest BCUT2D eigenvalue weighted by molar-refractivity contribution is -0.191. The Balaban J connectivity index is 2.12. The monoisotopic (exact) mass is 422 g/mol. The summed E-state index contributed by atoms with van der Waals surface area (Å²) in [6.45, 7) is 4.09. The van der Waals surface area contributed by atoms with Gasteiger partial charge < -0.3 is 5.32 Å². The second-order valence-electron chi connectivity index (χ2n) is 8.06. The average Bonchev–Trinajstić information content (AvgIpc) is 2.90. The molecule has 2 amide bonds. The quantitative estimate of drug-likeness (QED) is 0.791. The van der Waals surface area contributed by atoms with Crippen molar-refractivity contribution in [2.75, 3.05) is 4.90 Å². The normalized spacial score (nSPS) is 23.1. The number of hydrogen-bond donors (Lipinski definition) is 1. The maximum absolute atomic E-state index is 14.5. The highest BCUT2D eigenvalue weighted by Crippen LogP contribution is 2.46. The molecule has 2 aliphatic rings. The van der Waals surface area contributed by atoms with Crippen LogP contribution in [0.15, 0.2) is 35.5 Å². The van der Waals surface area contributed by atoms with E-state index in [1.165, 1.54) is 19.1 Å². The summed E-state index contributed by atoms with van der Waals surface area (Å²) < 4.78 is 43.4. The van der Waals surface area contributed by atoms with Crippen LogP contribution in [0.5, 0.6) is 0 Å². The number of Topliss-reactive ketones (excluding diaryl/α,β-unsaturated/α-hetero) is 1. The van der Waals surface area contributed by atoms with Gasteiger partial charge in [-0.3, -0.25) is 19.3 Å². The zero-order valence-corrected chi connectivity index (χ0v) is 17.2. The van der Waals surface area contributed by atoms with E-state index in [1.807, 2.05) is 12.2 Å². The molecular weight excluding hydrogens is 397 g/mol. The first kappa shape index (κ1) is 22.1. The summed E-state index contributed by atoms with van der Waals surface area (Å²) in [6, 6.07) is 6.36. The van der Waals surface area contributed by atoms with E-state index in [0.29, 0.717) is 12.8 Å². The Labute approximate surface area is 173 Å². The second-order valence-corrected chi connectivity index (χ2v) is 8.06. The molecule has 1 saturated carbocycles. The van der Waals surface area contributed by atoms with Crippen molar-refractivity contribution in [3.63, 3.8) is 0 Å². The summed E-state index contributed by atoms with van der Waals surface area (Å²) in [5.41, 5.74) is -3.17. The smallest absolute Gasteiger partial charge is 0.330 e. The standard InChI is InChI=1S/C22H25F3N2O3/c1-13-9-11-17(12-10-13)27-14(2)18(15(3)28)21(20(27)30,22(23,24)25)26-19(29)16-7-5-4-6-8-16/h9-12,16H,4-8H2,1-3H3,(H,26,29)/t21-/m1/s1. The number of nitrogens with zero attached hydrogens (tertiary/aromatic N) is 1. The van der Waals surface area contributed by atoms with Gasteiger partial charge in [0.2, 0.25) is 11.4 Å². The molecule has 162 valence electrons. The number of amides is 2. The topological polar surface area (TPSA) is 66.5 Å². The van der Waals surface area contributed by atoms with Crippen LogP contribution in [0.2, 0.25) is 0 Å². The number of rotatable bonds is 4. The molecule has 3 rings (SSSR count). The van der Waals surface area contributed by atoms with Gasteiger partial charge >= 0.3 is 6.18 Å². The van der Waals surface area contributed by atoms with Gasteiger partial charge in [-0.15, -0.1) is 0 Å². The molecule has 1 aliphatic heterocycles. The molecule has 0 radical (unpaired) electrons. The van der Waals surface area contributed by atoms with Gasteiger partial charge in [0.25, 0.3) is 5.91 Å². The molecule has 8 heteroatoms. The van der Waals surface area contributed by atoms with Crippen molar-refractivity contribution >= 4 is 23.3 Å². The number of carbonyl (C=O) groups is 3. The number of benzene rings is 1. The molecule has 0 aromatic heterocycles. The van der Waals surface area contributed by atoms with Crippen LogP contribution in [0, 0.1) is 12.8 Å². The highest BCUT2D eigenvalue weighted by atomic mass is 19.4. The average molecular weight is 422 g/mol. The third kappa shape index (κ3) is 3.52. The maximum Gasteiger partial charge on any atom is 0.425 e. The van der Waals surface area contributed by atoms with Crippen molar-refractivity contribution in [2.24, 2.45) is 5.92 Å². The van der Waals surface area contributed by atoms with Gasteiger partial charge in [-0.2, -0.15) is 13.2 Å². The van der Waals surface area contributed by atoms with Crippen molar-refractivity contribution in [3.05, 3.63) is 41.1 Å². The molecule has 0 spiro atoms. The molecule has 1 atom stereocenters. The second kappa shape index (κ2) is 7.89. The number of aryl methyl sites for hydroxylation is 1. The third-order valence-corrected chi connectivity index (χ3v) is 5.95. The number of allylic oxidation sites excluding steroid dienone is 1. The van der Waals surface area contributed by atoms with Crippen LogP contribution in [-0.4, -0.2) is 29.3 Å². The number of halogens is 3. The van der Waals surface area contributed by atoms with Crippen molar-refractivity contribution in [1.29, 1.82) is 0 Å². The number of nitrogens with one attached hydrogen (secondary N) is 1. The van der Waals surface area contributed by atoms with E-state index < -0.39 is 40.8 Å². The molecule has 1 heterocycles. The molecule has 0 saturated heterocycles. The molecule has 0 bridgehead atoms. The Hall–Kier alpha value is -2.64. The first-order valence-electron chi connectivity index (χ1n) is 10.0. The number of anilines is 1. The van der Waals surface area contributed by atoms with E-state index in [1.54, 1.807) is 12.1 Å². The van der Waals surface area contributed by atoms with Crippen LogP contribution in [0.3, 0.4) is 0 Å². The van der Waals surface area contributed by atoms with Crippen LogP contribution >= 0.6 is 0 Å². The Morgan fingerprint density at radius 3 is 2.13 bits per heavy atom. The van der Waals surface area contributed by atoms with E-state index in [-0.39, 0.29) is 11.4 Å². The van der Waals surface area contributed by atoms with E-state index in [0.717, 1.165) is 36.6 Å². The van der Waals surface area contributed by atoms with Gasteiger partial charge in [-0.05, 0) is 45.7 Å². The predicted molar refractivity (Wildman–Crippen MR) is 106 cm³/mol. The number of alkyl halides is 3. The lowest BCUT2D eigenvalue weighted by atomic mass is 9.84. The molecular formula is C22H25F3N2O3. The fourth-order valence-corrected chi connectivity index (χ4v) is 4.44. The fraction of sp³-hybridized carbons (Fsp3) is 0.500. The molecule has 1 aromatic carbocycles. The van der Waals surface area contributed by atoms with Gasteiger partial charge in [0.05, 0.1) is 5.57 Å². The van der Waals surface area contributed by atoms with Crippen molar-refractivity contribution < 1.29 is 27.6 Å². The van der Waals surface area contributed by atoms with Gasteiger partial charge in [0, 0.05) is 17.3 Å². The molecule has 30 heavy (non-hydrogen) atoms. The van der Waals surface area contributed by atoms with Crippen LogP contribution in [0.25, 0.3) is 0 Å². The lowest BCUT2D eigenvalue weighted by Crippen LogP contribution is -2.67. The molecule has 0 unspecified atom stereocenters. The van der Waals surface area contributed by atoms with Crippen LogP contribution in [-0.2, 0) is 14.4 Å². The zero-order valence-electron chi connectivity index (χ0n) is 17.2. The van der Waals surface area contributed by atoms with Crippen molar-refractivity contribution in [3.8, 4) is 0 Å². The lowest BCUT2D eigenvalue weighted by Gasteiger charge is -2.35. The van der Waals surface area contributed by atoms with Gasteiger partial charge in [0.15, 0.2) is 5.78 Å². The summed E-state index contributed by atoms with van der Waals surface area (Å²) in [4.78, 5) is 39.3. The summed E-state index contributed by atoms with van der Waals surface area (Å²) in [5, 5.41) is 1.99. The van der Waals surface area contributed by atoms with E-state index in [9.17, 15) is 27.6 Å². The number of ketones is 1. The SMILES string of the molecule is CC(=O)C1=C(C)N(c2ccc(C)cc2)C(=O)[C@@]1(NC(=O)C1CCCCC1)C(F)(F)F. The van der Waals surface area contributed by atoms with Crippen molar-refractivity contribution in [1.82, 2.24) is 5.32 Å². The minimum atomic E-state index is -5.18. The van der Waals surface area contributed by atoms with Crippen LogP contribution < -0.4 is 10.2 Å². The minimum Gasteiger partial charge on any atom is -0.330 e. The molecule has 1 N–H and O–H groups in total. The van der Waals surface area contributed by atoms with Gasteiger partial charge in [-0.25, -0.2) is 0 Å². The highest BCUT2D eigenvalue weighted by Gasteiger charge is 2.70. The Morgan fingerprint density at radius 2 is 1.63 bits per heavy atom. The summed E-state index contributed by atoms with van der Waals surface area (Å²) in [6.07, 6.45) is -1.84. The van der Waals surface area contributed by atoms with Gasteiger partial charge in [0.1, 0.15) is 0 Å². The van der Waals surface area contributed by atoms with Crippen LogP contribution in [0.4, 0.5) is 18.9 Å². The summed E-state index contributed by atoms with van der Waals surface area (Å²) >= 11 is 0.